The predicted molar refractivity (Wildman–Crippen MR) is 201 cm³/mol. The molecule has 0 radical (unpaired) electrons. The molecular formula is C39H68NO7P. The van der Waals surface area contributed by atoms with Gasteiger partial charge in [0.25, 0.3) is 0 Å². The quantitative estimate of drug-likeness (QED) is 0.0296. The normalized spacial score (nSPS) is 14.5. The minimum atomic E-state index is -4.27. The largest absolute Gasteiger partial charge is 0.472 e. The third-order valence-electron chi connectivity index (χ3n) is 7.14. The number of carbonyl (C=O) groups excluding carboxylic acids is 1. The average Bonchev–Trinajstić information content (AvgIpc) is 3.07. The Hall–Kier alpha value is -2.06. The zero-order valence-corrected chi connectivity index (χ0v) is 31.1. The van der Waals surface area contributed by atoms with Gasteiger partial charge in [-0.2, -0.15) is 0 Å². The Morgan fingerprint density at radius 3 is 1.75 bits per heavy atom. The standard InChI is InChI=1S/C39H68NO7P/c1-3-5-7-9-11-12-13-14-15-16-17-18-19-20-21-22-23-24-25-26-27-28-30-32-39(41)47-38(37-46-48(42,43)45-35-33-40)36-44-34-31-29-10-8-6-4-2/h5,7,11-12,14-15,17-18,20-21,23-24,38H,3-4,6,8-10,13,16,19,22,25-37,40H2,1-2H3,(H,42,43)/b7-5-,12-11-,15-14-,18-17-,21-20-,24-23-. The van der Waals surface area contributed by atoms with Crippen molar-refractivity contribution in [2.45, 2.75) is 136 Å². The monoisotopic (exact) mass is 693 g/mol. The maximum absolute atomic E-state index is 12.5. The van der Waals surface area contributed by atoms with Crippen LogP contribution in [0.1, 0.15) is 129 Å². The van der Waals surface area contributed by atoms with Crippen LogP contribution in [0.15, 0.2) is 72.9 Å². The number of allylic oxidation sites excluding steroid dienone is 12. The van der Waals surface area contributed by atoms with Crippen molar-refractivity contribution in [1.29, 1.82) is 0 Å². The van der Waals surface area contributed by atoms with E-state index in [9.17, 15) is 14.3 Å². The van der Waals surface area contributed by atoms with Crippen LogP contribution in [-0.2, 0) is 27.9 Å². The van der Waals surface area contributed by atoms with Gasteiger partial charge in [0.2, 0.25) is 0 Å². The Labute approximate surface area is 293 Å². The van der Waals surface area contributed by atoms with Crippen LogP contribution in [-0.4, -0.2) is 49.9 Å². The lowest BCUT2D eigenvalue weighted by molar-refractivity contribution is -0.154. The lowest BCUT2D eigenvalue weighted by Gasteiger charge is -2.20. The number of phosphoric acid groups is 1. The van der Waals surface area contributed by atoms with Gasteiger partial charge in [0.15, 0.2) is 0 Å². The molecule has 48 heavy (non-hydrogen) atoms. The Kier molecular flexibility index (Phi) is 34.7. The summed E-state index contributed by atoms with van der Waals surface area (Å²) >= 11 is 0. The molecule has 0 bridgehead atoms. The van der Waals surface area contributed by atoms with Gasteiger partial charge in [-0.1, -0.05) is 132 Å². The molecule has 3 N–H and O–H groups in total. The minimum Gasteiger partial charge on any atom is -0.457 e. The number of phosphoric ester groups is 1. The molecule has 0 aromatic carbocycles. The highest BCUT2D eigenvalue weighted by Crippen LogP contribution is 2.43. The van der Waals surface area contributed by atoms with Crippen molar-refractivity contribution in [2.75, 3.05) is 33.0 Å². The summed E-state index contributed by atoms with van der Waals surface area (Å²) < 4.78 is 33.0. The summed E-state index contributed by atoms with van der Waals surface area (Å²) in [5.74, 6) is -0.362. The Bertz CT molecular complexity index is 958. The van der Waals surface area contributed by atoms with Crippen molar-refractivity contribution in [3.63, 3.8) is 0 Å². The van der Waals surface area contributed by atoms with Crippen molar-refractivity contribution in [2.24, 2.45) is 5.73 Å². The third kappa shape index (κ3) is 35.3. The van der Waals surface area contributed by atoms with E-state index in [-0.39, 0.29) is 38.8 Å². The SMILES string of the molecule is CC/C=C\C/C=C\C/C=C\C/C=C\C/C=C\C/C=C\CCCCCCC(=O)OC(COCCCCCCCC)COP(=O)(O)OCCN. The topological polar surface area (TPSA) is 117 Å². The fourth-order valence-electron chi connectivity index (χ4n) is 4.47. The second-order valence-corrected chi connectivity index (χ2v) is 13.2. The van der Waals surface area contributed by atoms with Crippen molar-refractivity contribution < 1.29 is 32.8 Å². The van der Waals surface area contributed by atoms with Crippen LogP contribution in [0.5, 0.6) is 0 Å². The van der Waals surface area contributed by atoms with E-state index < -0.39 is 13.9 Å². The fourth-order valence-corrected chi connectivity index (χ4v) is 5.23. The van der Waals surface area contributed by atoms with E-state index in [0.29, 0.717) is 6.61 Å². The van der Waals surface area contributed by atoms with Crippen LogP contribution < -0.4 is 5.73 Å². The second kappa shape index (κ2) is 36.2. The van der Waals surface area contributed by atoms with E-state index in [4.69, 9.17) is 24.3 Å². The molecule has 0 aliphatic carbocycles. The smallest absolute Gasteiger partial charge is 0.457 e. The summed E-state index contributed by atoms with van der Waals surface area (Å²) in [7, 11) is -4.27. The van der Waals surface area contributed by atoms with E-state index in [0.717, 1.165) is 83.5 Å². The summed E-state index contributed by atoms with van der Waals surface area (Å²) in [5.41, 5.74) is 5.33. The molecule has 8 nitrogen and oxygen atoms in total. The van der Waals surface area contributed by atoms with Crippen molar-refractivity contribution in [3.8, 4) is 0 Å². The Morgan fingerprint density at radius 1 is 0.646 bits per heavy atom. The van der Waals surface area contributed by atoms with Crippen LogP contribution in [0, 0.1) is 0 Å². The van der Waals surface area contributed by atoms with Crippen LogP contribution >= 0.6 is 7.82 Å². The van der Waals surface area contributed by atoms with Gasteiger partial charge in [-0.05, 0) is 64.2 Å². The van der Waals surface area contributed by atoms with Crippen molar-refractivity contribution in [3.05, 3.63) is 72.9 Å². The zero-order chi connectivity index (χ0) is 35.2. The van der Waals surface area contributed by atoms with Crippen LogP contribution in [0.3, 0.4) is 0 Å². The second-order valence-electron chi connectivity index (χ2n) is 11.7. The van der Waals surface area contributed by atoms with Crippen LogP contribution in [0.25, 0.3) is 0 Å². The van der Waals surface area contributed by atoms with Gasteiger partial charge in [-0.25, -0.2) is 4.57 Å². The van der Waals surface area contributed by atoms with Crippen LogP contribution in [0.2, 0.25) is 0 Å². The van der Waals surface area contributed by atoms with Gasteiger partial charge in [-0.15, -0.1) is 0 Å². The highest BCUT2D eigenvalue weighted by Gasteiger charge is 2.25. The maximum Gasteiger partial charge on any atom is 0.472 e. The molecule has 2 unspecified atom stereocenters. The molecule has 0 aliphatic rings. The first-order valence-corrected chi connectivity index (χ1v) is 19.9. The molecule has 0 amide bonds. The number of rotatable bonds is 34. The van der Waals surface area contributed by atoms with Crippen LogP contribution in [0.4, 0.5) is 0 Å². The van der Waals surface area contributed by atoms with Gasteiger partial charge in [0.05, 0.1) is 19.8 Å². The third-order valence-corrected chi connectivity index (χ3v) is 8.12. The number of esters is 1. The van der Waals surface area contributed by atoms with Gasteiger partial charge in [-0.3, -0.25) is 13.8 Å². The molecule has 0 saturated heterocycles. The highest BCUT2D eigenvalue weighted by atomic mass is 31.2. The van der Waals surface area contributed by atoms with E-state index in [1.807, 2.05) is 0 Å². The minimum absolute atomic E-state index is 0.0923. The number of ether oxygens (including phenoxy) is 2. The first-order chi connectivity index (χ1) is 23.4. The van der Waals surface area contributed by atoms with E-state index in [1.54, 1.807) is 0 Å². The summed E-state index contributed by atoms with van der Waals surface area (Å²) in [4.78, 5) is 22.3. The summed E-state index contributed by atoms with van der Waals surface area (Å²) in [6.45, 7) is 4.68. The van der Waals surface area contributed by atoms with E-state index in [2.05, 4.69) is 86.8 Å². The molecule has 0 rings (SSSR count). The fraction of sp³-hybridized carbons (Fsp3) is 0.667. The first kappa shape index (κ1) is 45.9. The Balaban J connectivity index is 4.06. The van der Waals surface area contributed by atoms with Gasteiger partial charge >= 0.3 is 13.8 Å². The number of nitrogens with two attached hydrogens (primary N) is 1. The van der Waals surface area contributed by atoms with Gasteiger partial charge in [0.1, 0.15) is 6.10 Å². The molecule has 0 fully saturated rings. The van der Waals surface area contributed by atoms with Crippen molar-refractivity contribution in [1.82, 2.24) is 0 Å². The first-order valence-electron chi connectivity index (χ1n) is 18.4. The lowest BCUT2D eigenvalue weighted by Crippen LogP contribution is -2.28. The molecule has 276 valence electrons. The highest BCUT2D eigenvalue weighted by molar-refractivity contribution is 7.47. The molecule has 0 spiro atoms. The average molecular weight is 694 g/mol. The van der Waals surface area contributed by atoms with Gasteiger partial charge < -0.3 is 20.1 Å². The lowest BCUT2D eigenvalue weighted by atomic mass is 10.1. The molecule has 9 heteroatoms. The summed E-state index contributed by atoms with van der Waals surface area (Å²) in [6.07, 6.45) is 43.6. The molecule has 2 atom stereocenters. The molecular weight excluding hydrogens is 625 g/mol. The Morgan fingerprint density at radius 2 is 1.17 bits per heavy atom. The molecule has 0 heterocycles. The van der Waals surface area contributed by atoms with Crippen molar-refractivity contribution >= 4 is 13.8 Å². The predicted octanol–water partition coefficient (Wildman–Crippen LogP) is 10.4. The van der Waals surface area contributed by atoms with E-state index in [1.165, 1.54) is 25.7 Å². The maximum atomic E-state index is 12.5. The van der Waals surface area contributed by atoms with Gasteiger partial charge in [0, 0.05) is 19.6 Å². The van der Waals surface area contributed by atoms with E-state index >= 15 is 0 Å². The molecule has 0 aromatic rings. The zero-order valence-electron chi connectivity index (χ0n) is 30.2. The number of carbonyl (C=O) groups is 1. The molecule has 0 saturated carbocycles. The number of hydrogen-bond acceptors (Lipinski definition) is 7. The summed E-state index contributed by atoms with van der Waals surface area (Å²) in [6, 6.07) is 0. The summed E-state index contributed by atoms with van der Waals surface area (Å²) in [5, 5.41) is 0. The molecule has 0 aliphatic heterocycles. The number of hydrogen-bond donors (Lipinski definition) is 2. The molecule has 0 aromatic heterocycles. The number of unbranched alkanes of at least 4 members (excludes halogenated alkanes) is 9.